The lowest BCUT2D eigenvalue weighted by Crippen LogP contribution is -2.33. The number of aryl methyl sites for hydroxylation is 1. The van der Waals surface area contributed by atoms with Crippen molar-refractivity contribution < 1.29 is 37.0 Å². The van der Waals surface area contributed by atoms with Crippen molar-refractivity contribution in [3.05, 3.63) is 112 Å². The second-order valence-corrected chi connectivity index (χ2v) is 11.9. The number of benzene rings is 2. The van der Waals surface area contributed by atoms with Crippen LogP contribution in [0, 0.1) is 0 Å². The molecular formula is C33H29N3O7S. The van der Waals surface area contributed by atoms with Gasteiger partial charge in [-0.05, 0) is 60.0 Å². The summed E-state index contributed by atoms with van der Waals surface area (Å²) < 4.78 is 33.6. The summed E-state index contributed by atoms with van der Waals surface area (Å²) in [6, 6.07) is 16.5. The summed E-state index contributed by atoms with van der Waals surface area (Å²) in [6.07, 6.45) is 9.47. The number of carbonyl (C=O) groups is 3. The summed E-state index contributed by atoms with van der Waals surface area (Å²) in [5.74, 6) is -3.21. The van der Waals surface area contributed by atoms with E-state index in [2.05, 4.69) is 5.32 Å². The molecule has 0 saturated heterocycles. The number of anilines is 1. The molecule has 2 heterocycles. The predicted octanol–water partition coefficient (Wildman–Crippen LogP) is 2.27. The van der Waals surface area contributed by atoms with Gasteiger partial charge in [0.1, 0.15) is 7.05 Å². The second-order valence-electron chi connectivity index (χ2n) is 10.3. The Kier molecular flexibility index (Phi) is 8.43. The highest BCUT2D eigenvalue weighted by Gasteiger charge is 2.32. The molecular weight excluding hydrogens is 582 g/mol. The first kappa shape index (κ1) is 30.3. The van der Waals surface area contributed by atoms with Gasteiger partial charge in [-0.1, -0.05) is 30.0 Å². The first-order valence-electron chi connectivity index (χ1n) is 13.7. The number of allylic oxidation sites excluding steroid dienone is 4. The predicted molar refractivity (Wildman–Crippen MR) is 165 cm³/mol. The van der Waals surface area contributed by atoms with Gasteiger partial charge in [-0.25, -0.2) is 0 Å². The van der Waals surface area contributed by atoms with Gasteiger partial charge in [0.15, 0.2) is 0 Å². The maximum atomic E-state index is 13.5. The number of carbonyl (C=O) groups excluding carboxylic acids is 3. The average molecular weight is 612 g/mol. The monoisotopic (exact) mass is 611 g/mol. The van der Waals surface area contributed by atoms with E-state index in [1.165, 1.54) is 18.2 Å². The summed E-state index contributed by atoms with van der Waals surface area (Å²) in [5.41, 5.74) is 3.63. The van der Waals surface area contributed by atoms with E-state index >= 15 is 0 Å². The number of amides is 1. The third-order valence-electron chi connectivity index (χ3n) is 7.43. The lowest BCUT2D eigenvalue weighted by Gasteiger charge is -2.30. The molecule has 0 saturated carbocycles. The highest BCUT2D eigenvalue weighted by molar-refractivity contribution is 7.85. The van der Waals surface area contributed by atoms with Crippen LogP contribution in [-0.4, -0.2) is 49.8 Å². The van der Waals surface area contributed by atoms with Crippen molar-refractivity contribution >= 4 is 62.4 Å². The van der Waals surface area contributed by atoms with E-state index in [9.17, 15) is 32.5 Å². The summed E-state index contributed by atoms with van der Waals surface area (Å²) in [5, 5.41) is 16.9. The zero-order valence-electron chi connectivity index (χ0n) is 24.0. The van der Waals surface area contributed by atoms with Crippen LogP contribution in [0.25, 0.3) is 29.1 Å². The van der Waals surface area contributed by atoms with Crippen molar-refractivity contribution in [2.24, 2.45) is 7.05 Å². The number of Topliss-reactive ketones (excluding diaryl/α,β-unsaturated/α-hetero) is 2. The van der Waals surface area contributed by atoms with Gasteiger partial charge in [-0.2, -0.15) is 13.0 Å². The number of nitrogens with zero attached hydrogens (tertiary/aromatic N) is 2. The summed E-state index contributed by atoms with van der Waals surface area (Å²) in [6.45, 7) is 0.176. The number of para-hydroxylation sites is 1. The van der Waals surface area contributed by atoms with Crippen molar-refractivity contribution in [1.29, 1.82) is 0 Å². The number of nitrogens with one attached hydrogen (secondary N) is 1. The third kappa shape index (κ3) is 6.29. The third-order valence-corrected chi connectivity index (χ3v) is 8.24. The van der Waals surface area contributed by atoms with Crippen LogP contribution in [0.4, 0.5) is 5.69 Å². The minimum Gasteiger partial charge on any atom is -0.871 e. The normalized spacial score (nSPS) is 17.0. The van der Waals surface area contributed by atoms with Crippen LogP contribution in [0.2, 0.25) is 0 Å². The molecule has 1 aliphatic carbocycles. The number of pyridine rings is 1. The van der Waals surface area contributed by atoms with Gasteiger partial charge in [0, 0.05) is 65.8 Å². The van der Waals surface area contributed by atoms with Crippen molar-refractivity contribution in [3.63, 3.8) is 0 Å². The Labute approximate surface area is 254 Å². The van der Waals surface area contributed by atoms with Gasteiger partial charge < -0.3 is 15.3 Å². The topological polar surface area (TPSA) is 148 Å². The summed E-state index contributed by atoms with van der Waals surface area (Å²) in [7, 11) is -0.853. The van der Waals surface area contributed by atoms with Crippen LogP contribution in [0.3, 0.4) is 0 Å². The molecule has 0 fully saturated rings. The fourth-order valence-electron chi connectivity index (χ4n) is 5.15. The van der Waals surface area contributed by atoms with E-state index in [1.807, 2.05) is 42.5 Å². The van der Waals surface area contributed by atoms with Gasteiger partial charge in [0.2, 0.25) is 28.7 Å². The molecule has 1 aliphatic heterocycles. The largest absolute Gasteiger partial charge is 0.871 e. The zero-order valence-corrected chi connectivity index (χ0v) is 24.8. The number of fused-ring (bicyclic) bond motifs is 2. The first-order chi connectivity index (χ1) is 21.0. The van der Waals surface area contributed by atoms with Crippen LogP contribution >= 0.6 is 0 Å². The fraction of sp³-hybridized carbons (Fsp3) is 0.152. The Balaban J connectivity index is 1.50. The Morgan fingerprint density at radius 2 is 1.82 bits per heavy atom. The number of ketones is 2. The van der Waals surface area contributed by atoms with E-state index in [4.69, 9.17) is 0 Å². The SMILES string of the molecule is CNC(=O)/C=C/c1ccc2c(ccc(/C=C3\C(=O)C(=O)C(/C=C4\C=Cc5ccccc5N4CCCS(=O)(=O)O)=C3[O-])[n+]2C)c1. The Bertz CT molecular complexity index is 1990. The minimum absolute atomic E-state index is 0.0873. The molecule has 224 valence electrons. The molecule has 0 unspecified atom stereocenters. The van der Waals surface area contributed by atoms with Gasteiger partial charge in [-0.15, -0.1) is 0 Å². The van der Waals surface area contributed by atoms with Crippen LogP contribution in [-0.2, 0) is 31.5 Å². The summed E-state index contributed by atoms with van der Waals surface area (Å²) >= 11 is 0. The minimum atomic E-state index is -4.18. The number of aromatic nitrogens is 1. The second kappa shape index (κ2) is 12.2. The van der Waals surface area contributed by atoms with Crippen molar-refractivity contribution in [2.45, 2.75) is 6.42 Å². The van der Waals surface area contributed by atoms with Gasteiger partial charge in [-0.3, -0.25) is 18.9 Å². The van der Waals surface area contributed by atoms with Crippen molar-refractivity contribution in [2.75, 3.05) is 24.2 Å². The molecule has 2 aliphatic rings. The first-order valence-corrected chi connectivity index (χ1v) is 15.3. The Hall–Kier alpha value is -5.13. The molecule has 0 spiro atoms. The van der Waals surface area contributed by atoms with Gasteiger partial charge in [0.25, 0.3) is 10.1 Å². The molecule has 2 aromatic carbocycles. The molecule has 1 aromatic heterocycles. The van der Waals surface area contributed by atoms with E-state index in [-0.39, 0.29) is 30.0 Å². The van der Waals surface area contributed by atoms with Crippen molar-refractivity contribution in [3.8, 4) is 0 Å². The Morgan fingerprint density at radius 3 is 2.57 bits per heavy atom. The molecule has 2 N–H and O–H groups in total. The van der Waals surface area contributed by atoms with E-state index in [1.54, 1.807) is 53.9 Å². The lowest BCUT2D eigenvalue weighted by atomic mass is 10.0. The maximum absolute atomic E-state index is 13.5. The van der Waals surface area contributed by atoms with Crippen LogP contribution in [0.5, 0.6) is 0 Å². The molecule has 0 atom stereocenters. The van der Waals surface area contributed by atoms with E-state index < -0.39 is 33.2 Å². The molecule has 5 rings (SSSR count). The molecule has 0 radical (unpaired) electrons. The zero-order chi connectivity index (χ0) is 31.6. The smallest absolute Gasteiger partial charge is 0.264 e. The van der Waals surface area contributed by atoms with Crippen LogP contribution < -0.4 is 19.9 Å². The van der Waals surface area contributed by atoms with E-state index in [0.29, 0.717) is 11.4 Å². The van der Waals surface area contributed by atoms with E-state index in [0.717, 1.165) is 27.7 Å². The van der Waals surface area contributed by atoms with Crippen molar-refractivity contribution in [1.82, 2.24) is 5.32 Å². The fourth-order valence-corrected chi connectivity index (χ4v) is 5.65. The molecule has 1 amide bonds. The lowest BCUT2D eigenvalue weighted by molar-refractivity contribution is -0.646. The highest BCUT2D eigenvalue weighted by atomic mass is 32.2. The number of rotatable bonds is 8. The Morgan fingerprint density at radius 1 is 1.05 bits per heavy atom. The van der Waals surface area contributed by atoms with Crippen LogP contribution in [0.1, 0.15) is 23.2 Å². The number of hydrogen-bond acceptors (Lipinski definition) is 7. The molecule has 10 nitrogen and oxygen atoms in total. The van der Waals surface area contributed by atoms with Gasteiger partial charge >= 0.3 is 0 Å². The van der Waals surface area contributed by atoms with Crippen LogP contribution in [0.15, 0.2) is 95.4 Å². The molecule has 3 aromatic rings. The number of hydrogen-bond donors (Lipinski definition) is 2. The molecule has 44 heavy (non-hydrogen) atoms. The summed E-state index contributed by atoms with van der Waals surface area (Å²) in [4.78, 5) is 39.4. The molecule has 11 heteroatoms. The highest BCUT2D eigenvalue weighted by Crippen LogP contribution is 2.33. The molecule has 0 bridgehead atoms. The maximum Gasteiger partial charge on any atom is 0.264 e. The number of likely N-dealkylation sites (N-methyl/N-ethyl adjacent to an activating group) is 1. The quantitative estimate of drug-likeness (QED) is 0.171. The standard InChI is InChI=1S/C33H29N3O7S/c1-34-30(37)15-9-21-8-14-28-23(18-21)11-12-24(35(28)2)19-26-31(38)27(33(40)32(26)39)20-25-13-10-22-6-3-4-7-29(22)36(25)16-5-17-44(41,42)43/h3-4,6-15,18-20H,5,16-17H2,1-2H3,(H2-,34,37,38,39,40,41,42,43)/b15-9+. The van der Waals surface area contributed by atoms with Gasteiger partial charge in [0.05, 0.1) is 5.75 Å². The average Bonchev–Trinajstić information content (AvgIpc) is 3.19.